The topological polar surface area (TPSA) is 387 Å². The summed E-state index contributed by atoms with van der Waals surface area (Å²) in [6.45, 7) is 21.7. The first-order valence-electron chi connectivity index (χ1n) is 38.6. The lowest BCUT2D eigenvalue weighted by Crippen LogP contribution is -2.64. The molecule has 2 fully saturated rings. The standard InChI is InChI=1S/C83H114N8O23/c1-20-46(8)68(63(105-17)40-64(95)91-38-28-35-61(91)70(106-18)47(9)75(97)84-48(10)69(96)54-29-22-21-23-30-54)89(15)79(101)66(44(4)5)87-78(100)67(45(6)7)90(16)83(104)109-41-53-36-37-60(62(39-53)113-81-74(112-52(14)94)72(111-51(13)93)71(110-50(12)92)73(114-81)80(102)107-19)86-76(98)49(11)85-77(99)65(43(2)3)88-82(103)108-42-59-57-33-26-24-31-55(57)56-32-25-27-34-58(56)59/h21-27,29-34,36-37,39,43-49,59,61,63,65-74,81,96H,20,28,35,38,40-42H2,1-19H3,(H,84,97)(H,85,99)(H,86,98)(H,87,100)(H,88,103)/t46-,47+,48+,49-,61-,63+,65-,66-,67-,68-,69+,70+,71-,72-,73-,74+,81+/m0/s1. The van der Waals surface area contributed by atoms with Crippen LogP contribution in [0.2, 0.25) is 0 Å². The van der Waals surface area contributed by atoms with Crippen LogP contribution in [-0.2, 0) is 97.2 Å². The number of amides is 8. The quantitative estimate of drug-likeness (QED) is 0.0188. The van der Waals surface area contributed by atoms with Gasteiger partial charge in [0.05, 0.1) is 61.6 Å². The van der Waals surface area contributed by atoms with Crippen LogP contribution in [0.5, 0.6) is 5.75 Å². The maximum absolute atomic E-state index is 15.1. The Kier molecular flexibility index (Phi) is 33.3. The van der Waals surface area contributed by atoms with E-state index in [0.717, 1.165) is 55.0 Å². The number of carbonyl (C=O) groups is 12. The SMILES string of the molecule is CC[C@H](C)[C@@H]([C@@H](CC(=O)N1CCC[C@H]1[C@H](OC)[C@@H](C)C(=O)N[C@H](C)[C@@H](O)c1ccccc1)OC)N(C)C(=O)[C@@H](NC(=O)[C@H](C(C)C)N(C)C(=O)OCc1ccc(NC(=O)[C@H](C)NC(=O)[C@@H](NC(=O)OCC2c3ccccc3-c3ccccc32)C(C)C)c(O[C@@H]2O[C@H](C(=O)OC)[C@@H](OC(C)=O)[C@H](OC(C)=O)[C@H]2OC(C)=O)c1)C(C)C. The molecule has 6 N–H and O–H groups in total. The van der Waals surface area contributed by atoms with Crippen molar-refractivity contribution in [1.29, 1.82) is 0 Å². The Balaban J connectivity index is 1.08. The zero-order valence-corrected chi connectivity index (χ0v) is 68.6. The first kappa shape index (κ1) is 90.9. The van der Waals surface area contributed by atoms with Gasteiger partial charge in [-0.2, -0.15) is 0 Å². The van der Waals surface area contributed by atoms with Crippen LogP contribution in [0, 0.1) is 29.6 Å². The molecule has 2 heterocycles. The zero-order chi connectivity index (χ0) is 84.3. The molecule has 7 rings (SSSR count). The number of alkyl carbamates (subject to hydrolysis) is 1. The molecule has 0 bridgehead atoms. The van der Waals surface area contributed by atoms with E-state index in [4.69, 9.17) is 47.4 Å². The number of nitrogens with zero attached hydrogens (tertiary/aromatic N) is 3. The minimum Gasteiger partial charge on any atom is -0.467 e. The summed E-state index contributed by atoms with van der Waals surface area (Å²) < 4.78 is 57.8. The third kappa shape index (κ3) is 22.8. The summed E-state index contributed by atoms with van der Waals surface area (Å²) in [4.78, 5) is 171. The van der Waals surface area contributed by atoms with E-state index >= 15 is 4.79 Å². The Hall–Kier alpha value is -10.2. The van der Waals surface area contributed by atoms with Crippen LogP contribution in [0.3, 0.4) is 0 Å². The molecule has 0 spiro atoms. The average Bonchev–Trinajstić information content (AvgIpc) is 1.50. The van der Waals surface area contributed by atoms with Crippen LogP contribution in [0.4, 0.5) is 15.3 Å². The van der Waals surface area contributed by atoms with E-state index in [1.165, 1.54) is 51.3 Å². The summed E-state index contributed by atoms with van der Waals surface area (Å²) in [7, 11) is 6.88. The van der Waals surface area contributed by atoms with Crippen molar-refractivity contribution >= 4 is 77.2 Å². The number of anilines is 1. The Bertz CT molecular complexity index is 3980. The highest BCUT2D eigenvalue weighted by molar-refractivity contribution is 5.99. The van der Waals surface area contributed by atoms with Crippen molar-refractivity contribution in [2.75, 3.05) is 53.9 Å². The number of benzene rings is 4. The number of rotatable bonds is 36. The number of aliphatic hydroxyl groups is 1. The highest BCUT2D eigenvalue weighted by atomic mass is 16.7. The molecule has 1 aliphatic carbocycles. The number of nitrogens with one attached hydrogen (secondary N) is 5. The Morgan fingerprint density at radius 3 is 1.77 bits per heavy atom. The van der Waals surface area contributed by atoms with Crippen molar-refractivity contribution in [2.45, 2.75) is 226 Å². The van der Waals surface area contributed by atoms with E-state index in [9.17, 15) is 57.8 Å². The molecule has 624 valence electrons. The first-order valence-corrected chi connectivity index (χ1v) is 38.6. The third-order valence-electron chi connectivity index (χ3n) is 21.1. The van der Waals surface area contributed by atoms with Gasteiger partial charge in [-0.15, -0.1) is 0 Å². The molecule has 0 saturated carbocycles. The van der Waals surface area contributed by atoms with Gasteiger partial charge >= 0.3 is 36.1 Å². The molecule has 4 aromatic carbocycles. The van der Waals surface area contributed by atoms with Crippen molar-refractivity contribution in [2.24, 2.45) is 29.6 Å². The number of likely N-dealkylation sites (tertiary alicyclic amines) is 1. The van der Waals surface area contributed by atoms with Crippen molar-refractivity contribution < 1.29 is 110 Å². The molecule has 8 amide bonds. The Labute approximate surface area is 666 Å². The van der Waals surface area contributed by atoms with Gasteiger partial charge in [-0.25, -0.2) is 14.4 Å². The number of likely N-dealkylation sites (N-methyl/N-ethyl adjacent to an activating group) is 2. The smallest absolute Gasteiger partial charge is 0.410 e. The van der Waals surface area contributed by atoms with E-state index in [-0.39, 0.29) is 53.7 Å². The number of fused-ring (bicyclic) bond motifs is 3. The highest BCUT2D eigenvalue weighted by Gasteiger charge is 2.56. The van der Waals surface area contributed by atoms with Gasteiger partial charge in [-0.3, -0.25) is 48.1 Å². The molecule has 17 atom stereocenters. The maximum Gasteiger partial charge on any atom is 0.410 e. The van der Waals surface area contributed by atoms with Crippen molar-refractivity contribution in [3.05, 3.63) is 119 Å². The minimum absolute atomic E-state index is 0.0381. The van der Waals surface area contributed by atoms with Gasteiger partial charge in [0.2, 0.25) is 47.8 Å². The van der Waals surface area contributed by atoms with Gasteiger partial charge in [0.25, 0.3) is 0 Å². The van der Waals surface area contributed by atoms with Gasteiger partial charge in [0.15, 0.2) is 18.3 Å². The highest BCUT2D eigenvalue weighted by Crippen LogP contribution is 2.45. The lowest BCUT2D eigenvalue weighted by molar-refractivity contribution is -0.282. The summed E-state index contributed by atoms with van der Waals surface area (Å²) in [6.07, 6.45) is -12.2. The van der Waals surface area contributed by atoms with Crippen molar-refractivity contribution in [3.8, 4) is 16.9 Å². The van der Waals surface area contributed by atoms with E-state index < -0.39 is 181 Å². The number of methoxy groups -OCH3 is 3. The number of aliphatic hydroxyl groups excluding tert-OH is 1. The summed E-state index contributed by atoms with van der Waals surface area (Å²) in [6, 6.07) is 21.7. The fourth-order valence-corrected chi connectivity index (χ4v) is 15.0. The Morgan fingerprint density at radius 1 is 0.623 bits per heavy atom. The largest absolute Gasteiger partial charge is 0.467 e. The molecule has 3 aliphatic rings. The fourth-order valence-electron chi connectivity index (χ4n) is 15.0. The van der Waals surface area contributed by atoms with E-state index in [1.807, 2.05) is 68.4 Å². The summed E-state index contributed by atoms with van der Waals surface area (Å²) in [5.74, 6) is -10.8. The molecule has 0 aromatic heterocycles. The Morgan fingerprint density at radius 2 is 1.21 bits per heavy atom. The van der Waals surface area contributed by atoms with Crippen LogP contribution in [0.25, 0.3) is 11.1 Å². The molecule has 114 heavy (non-hydrogen) atoms. The number of carbonyl (C=O) groups excluding carboxylic acids is 12. The van der Waals surface area contributed by atoms with Crippen LogP contribution < -0.4 is 31.3 Å². The second kappa shape index (κ2) is 41.7. The number of esters is 4. The number of hydrogen-bond acceptors (Lipinski definition) is 23. The molecule has 4 aromatic rings. The van der Waals surface area contributed by atoms with Crippen LogP contribution in [0.1, 0.15) is 157 Å². The predicted molar refractivity (Wildman–Crippen MR) is 416 cm³/mol. The van der Waals surface area contributed by atoms with Crippen LogP contribution >= 0.6 is 0 Å². The minimum atomic E-state index is -1.97. The normalized spacial score (nSPS) is 20.0. The molecule has 2 aliphatic heterocycles. The van der Waals surface area contributed by atoms with E-state index in [1.54, 1.807) is 91.6 Å². The second-order valence-electron chi connectivity index (χ2n) is 30.4. The monoisotopic (exact) mass is 1590 g/mol. The van der Waals surface area contributed by atoms with Crippen molar-refractivity contribution in [3.63, 3.8) is 0 Å². The number of hydrogen-bond donors (Lipinski definition) is 6. The summed E-state index contributed by atoms with van der Waals surface area (Å²) in [5.41, 5.74) is 4.60. The van der Waals surface area contributed by atoms with Gasteiger partial charge in [-0.1, -0.05) is 154 Å². The zero-order valence-electron chi connectivity index (χ0n) is 68.6. The predicted octanol–water partition coefficient (Wildman–Crippen LogP) is 7.66. The molecule has 31 heteroatoms. The van der Waals surface area contributed by atoms with Gasteiger partial charge in [-0.05, 0) is 95.9 Å². The average molecular weight is 1590 g/mol. The van der Waals surface area contributed by atoms with Crippen molar-refractivity contribution in [1.82, 2.24) is 36.0 Å². The van der Waals surface area contributed by atoms with E-state index in [2.05, 4.69) is 26.6 Å². The van der Waals surface area contributed by atoms with Crippen LogP contribution in [0.15, 0.2) is 97.1 Å². The van der Waals surface area contributed by atoms with Gasteiger partial charge in [0, 0.05) is 61.5 Å². The summed E-state index contributed by atoms with van der Waals surface area (Å²) >= 11 is 0. The molecule has 31 nitrogen and oxygen atoms in total. The molecular weight excluding hydrogens is 1480 g/mol. The van der Waals surface area contributed by atoms with Crippen LogP contribution in [-0.4, -0.2) is 225 Å². The van der Waals surface area contributed by atoms with Gasteiger partial charge in [0.1, 0.15) is 43.1 Å². The maximum atomic E-state index is 15.1. The molecule has 0 unspecified atom stereocenters. The number of ether oxygens (including phenoxy) is 10. The lowest BCUT2D eigenvalue weighted by atomic mass is 9.89. The summed E-state index contributed by atoms with van der Waals surface area (Å²) in [5, 5.41) is 24.8. The first-order chi connectivity index (χ1) is 54.0. The third-order valence-corrected chi connectivity index (χ3v) is 21.1. The molecule has 2 saturated heterocycles. The molecular formula is C83H114N8O23. The van der Waals surface area contributed by atoms with Gasteiger partial charge < -0.3 is 88.9 Å². The second-order valence-corrected chi connectivity index (χ2v) is 30.4. The molecule has 0 radical (unpaired) electrons. The lowest BCUT2D eigenvalue weighted by Gasteiger charge is -2.43. The van der Waals surface area contributed by atoms with E-state index in [0.29, 0.717) is 31.4 Å². The fraction of sp³-hybridized carbons (Fsp3) is 0.566.